The van der Waals surface area contributed by atoms with E-state index in [1.165, 1.54) is 96.3 Å². The lowest BCUT2D eigenvalue weighted by atomic mass is 10.0. The highest BCUT2D eigenvalue weighted by Crippen LogP contribution is 2.16. The molecule has 0 fully saturated rings. The molecule has 0 saturated heterocycles. The second-order valence-electron chi connectivity index (χ2n) is 23.7. The average molecular weight is 1210 g/mol. The van der Waals surface area contributed by atoms with Crippen LogP contribution < -0.4 is 0 Å². The zero-order valence-corrected chi connectivity index (χ0v) is 56.1. The van der Waals surface area contributed by atoms with Gasteiger partial charge in [-0.05, 0) is 122 Å². The molecule has 87 heavy (non-hydrogen) atoms. The molecule has 0 aromatic rings. The predicted molar refractivity (Wildman–Crippen MR) is 373 cm³/mol. The van der Waals surface area contributed by atoms with Crippen LogP contribution in [0, 0.1) is 0 Å². The SMILES string of the molecule is CC/C=C\C/C=C\C/C=C\C/C=C\C/C=C\C/C=C\C/C=C\C/C=C\C/C=C\CCCCCCCCCC(=O)OC(COC(=O)CCCCCCCCCCCCCCCC/C=C\C/C=C\C/C=C\C/C=C\CC)COC(OCC[N+](C)(C)C)C(=O)O. The Kier molecular flexibility index (Phi) is 62.9. The Morgan fingerprint density at radius 1 is 0.345 bits per heavy atom. The summed E-state index contributed by atoms with van der Waals surface area (Å²) in [6.07, 6.45) is 96.3. The van der Waals surface area contributed by atoms with Gasteiger partial charge in [0, 0.05) is 12.8 Å². The molecule has 9 nitrogen and oxygen atoms in total. The molecule has 0 heterocycles. The fraction of sp³-hybridized carbons (Fsp3) is 0.628. The standard InChI is InChI=1S/C78H127NO8/c1-6-8-10-12-14-16-18-20-22-24-26-28-30-32-34-35-36-37-38-39-40-41-43-45-47-49-51-53-55-57-59-61-63-65-67-69-76(81)87-74(73-86-78(77(82)83)84-71-70-79(3,4)5)72-85-75(80)68-66-64-62-60-58-56-54-52-50-48-46-44-42-33-31-29-27-25-23-21-19-17-15-13-11-9-7-2/h8-11,14-17,20-23,26-29,32,34,36-37,39-40,43,45,49,51,74,78H,6-7,12-13,18-19,24-25,30-31,33,35,38,41-42,44,46-48,50,52-73H2,1-5H3/p+1/b10-8-,11-9-,16-14-,17-15-,22-20-,23-21-,28-26-,29-27-,34-32-,37-36-,40-39-,45-43-,51-49-. The van der Waals surface area contributed by atoms with Crippen molar-refractivity contribution in [2.24, 2.45) is 0 Å². The number of likely N-dealkylation sites (N-methyl/N-ethyl adjacent to an activating group) is 1. The molecule has 0 aromatic heterocycles. The third kappa shape index (κ3) is 68.3. The number of rotatable bonds is 62. The van der Waals surface area contributed by atoms with Crippen LogP contribution in [0.3, 0.4) is 0 Å². The third-order valence-corrected chi connectivity index (χ3v) is 14.3. The van der Waals surface area contributed by atoms with Crippen LogP contribution >= 0.6 is 0 Å². The van der Waals surface area contributed by atoms with Gasteiger partial charge in [0.25, 0.3) is 6.29 Å². The maximum absolute atomic E-state index is 12.9. The lowest BCUT2D eigenvalue weighted by molar-refractivity contribution is -0.870. The normalized spacial score (nSPS) is 13.7. The lowest BCUT2D eigenvalue weighted by Crippen LogP contribution is -2.40. The zero-order chi connectivity index (χ0) is 63.3. The zero-order valence-electron chi connectivity index (χ0n) is 56.1. The van der Waals surface area contributed by atoms with Crippen molar-refractivity contribution in [2.75, 3.05) is 47.5 Å². The van der Waals surface area contributed by atoms with Crippen molar-refractivity contribution in [2.45, 2.75) is 270 Å². The summed E-state index contributed by atoms with van der Waals surface area (Å²) in [6, 6.07) is 0. The molecule has 0 rings (SSSR count). The van der Waals surface area contributed by atoms with Gasteiger partial charge in [-0.25, -0.2) is 4.79 Å². The number of allylic oxidation sites excluding steroid dienone is 26. The Bertz CT molecular complexity index is 1990. The van der Waals surface area contributed by atoms with Gasteiger partial charge in [0.05, 0.1) is 34.4 Å². The number of ether oxygens (including phenoxy) is 4. The van der Waals surface area contributed by atoms with E-state index in [1.54, 1.807) is 0 Å². The van der Waals surface area contributed by atoms with Crippen molar-refractivity contribution in [3.05, 3.63) is 158 Å². The number of carboxylic acid groups (broad SMARTS) is 1. The highest BCUT2D eigenvalue weighted by atomic mass is 16.7. The second kappa shape index (κ2) is 66.9. The number of nitrogens with zero attached hydrogens (tertiary/aromatic N) is 1. The van der Waals surface area contributed by atoms with E-state index in [4.69, 9.17) is 18.9 Å². The summed E-state index contributed by atoms with van der Waals surface area (Å²) >= 11 is 0. The maximum Gasteiger partial charge on any atom is 0.361 e. The van der Waals surface area contributed by atoms with Gasteiger partial charge in [-0.15, -0.1) is 0 Å². The van der Waals surface area contributed by atoms with Crippen LogP contribution in [-0.2, 0) is 33.3 Å². The minimum Gasteiger partial charge on any atom is -0.477 e. The van der Waals surface area contributed by atoms with Crippen molar-refractivity contribution < 1.29 is 42.9 Å². The van der Waals surface area contributed by atoms with Gasteiger partial charge >= 0.3 is 17.9 Å². The highest BCUT2D eigenvalue weighted by molar-refractivity contribution is 5.71. The molecule has 0 bridgehead atoms. The van der Waals surface area contributed by atoms with E-state index in [-0.39, 0.29) is 32.2 Å². The summed E-state index contributed by atoms with van der Waals surface area (Å²) in [6.45, 7) is 4.63. The Labute approximate surface area is 534 Å². The average Bonchev–Trinajstić information content (AvgIpc) is 3.56. The van der Waals surface area contributed by atoms with Gasteiger partial charge in [-0.3, -0.25) is 9.59 Å². The summed E-state index contributed by atoms with van der Waals surface area (Å²) in [5, 5.41) is 9.75. The van der Waals surface area contributed by atoms with Gasteiger partial charge in [-0.1, -0.05) is 281 Å². The van der Waals surface area contributed by atoms with Crippen molar-refractivity contribution in [1.29, 1.82) is 0 Å². The first-order valence-corrected chi connectivity index (χ1v) is 34.6. The molecule has 0 radical (unpaired) electrons. The number of quaternary nitrogens is 1. The van der Waals surface area contributed by atoms with E-state index in [0.29, 0.717) is 23.9 Å². The number of hydrogen-bond acceptors (Lipinski definition) is 7. The smallest absolute Gasteiger partial charge is 0.361 e. The van der Waals surface area contributed by atoms with E-state index < -0.39 is 24.3 Å². The number of hydrogen-bond donors (Lipinski definition) is 1. The van der Waals surface area contributed by atoms with Gasteiger partial charge in [0.2, 0.25) is 0 Å². The molecular weight excluding hydrogens is 1080 g/mol. The largest absolute Gasteiger partial charge is 0.477 e. The molecule has 0 spiro atoms. The molecule has 0 saturated carbocycles. The number of carboxylic acids is 1. The van der Waals surface area contributed by atoms with Crippen molar-refractivity contribution in [3.8, 4) is 0 Å². The first-order valence-electron chi connectivity index (χ1n) is 34.6. The minimum absolute atomic E-state index is 0.177. The number of esters is 2. The molecule has 0 aliphatic carbocycles. The van der Waals surface area contributed by atoms with Crippen molar-refractivity contribution >= 4 is 17.9 Å². The van der Waals surface area contributed by atoms with Crippen LogP contribution in [0.15, 0.2) is 158 Å². The summed E-state index contributed by atoms with van der Waals surface area (Å²) in [5.74, 6) is -2.03. The van der Waals surface area contributed by atoms with Crippen molar-refractivity contribution in [3.63, 3.8) is 0 Å². The van der Waals surface area contributed by atoms with Crippen LogP contribution in [0.5, 0.6) is 0 Å². The van der Waals surface area contributed by atoms with Crippen LogP contribution in [0.2, 0.25) is 0 Å². The van der Waals surface area contributed by atoms with E-state index in [1.807, 2.05) is 21.1 Å². The molecule has 2 atom stereocenters. The number of carbonyl (C=O) groups excluding carboxylic acids is 2. The molecule has 492 valence electrons. The molecule has 1 N–H and O–H groups in total. The lowest BCUT2D eigenvalue weighted by Gasteiger charge is -2.25. The Balaban J connectivity index is 4.21. The highest BCUT2D eigenvalue weighted by Gasteiger charge is 2.25. The Morgan fingerprint density at radius 2 is 0.621 bits per heavy atom. The first-order chi connectivity index (χ1) is 42.6. The van der Waals surface area contributed by atoms with Crippen LogP contribution in [-0.4, -0.2) is 87.4 Å². The van der Waals surface area contributed by atoms with Gasteiger partial charge in [0.1, 0.15) is 13.2 Å². The predicted octanol–water partition coefficient (Wildman–Crippen LogP) is 21.7. The molecular formula is C78H128NO8+. The summed E-state index contributed by atoms with van der Waals surface area (Å²) < 4.78 is 23.0. The maximum atomic E-state index is 12.9. The summed E-state index contributed by atoms with van der Waals surface area (Å²) in [5.41, 5.74) is 0. The van der Waals surface area contributed by atoms with Crippen LogP contribution in [0.1, 0.15) is 258 Å². The number of carbonyl (C=O) groups is 3. The van der Waals surface area contributed by atoms with Gasteiger partial charge < -0.3 is 28.5 Å². The van der Waals surface area contributed by atoms with Crippen LogP contribution in [0.4, 0.5) is 0 Å². The molecule has 0 amide bonds. The summed E-state index contributed by atoms with van der Waals surface area (Å²) in [7, 11) is 5.96. The molecule has 2 unspecified atom stereocenters. The topological polar surface area (TPSA) is 108 Å². The molecule has 9 heteroatoms. The monoisotopic (exact) mass is 1210 g/mol. The number of aliphatic carboxylic acids is 1. The molecule has 0 aliphatic heterocycles. The molecule has 0 aliphatic rings. The third-order valence-electron chi connectivity index (χ3n) is 14.3. The minimum atomic E-state index is -1.52. The van der Waals surface area contributed by atoms with Gasteiger partial charge in [-0.2, -0.15) is 0 Å². The van der Waals surface area contributed by atoms with Gasteiger partial charge in [0.15, 0.2) is 6.10 Å². The quantitative estimate of drug-likeness (QED) is 0.0211. The summed E-state index contributed by atoms with van der Waals surface area (Å²) in [4.78, 5) is 37.6. The van der Waals surface area contributed by atoms with Crippen LogP contribution in [0.25, 0.3) is 0 Å². The Morgan fingerprint density at radius 3 is 0.920 bits per heavy atom. The first kappa shape index (κ1) is 81.9. The van der Waals surface area contributed by atoms with E-state index in [0.717, 1.165) is 128 Å². The fourth-order valence-electron chi connectivity index (χ4n) is 9.06. The van der Waals surface area contributed by atoms with Crippen molar-refractivity contribution in [1.82, 2.24) is 0 Å². The van der Waals surface area contributed by atoms with E-state index in [2.05, 4.69) is 172 Å². The van der Waals surface area contributed by atoms with E-state index >= 15 is 0 Å². The molecule has 0 aromatic carbocycles. The second-order valence-corrected chi connectivity index (χ2v) is 23.7. The Hall–Kier alpha value is -5.09. The van der Waals surface area contributed by atoms with E-state index in [9.17, 15) is 19.5 Å². The number of unbranched alkanes of at least 4 members (excludes halogenated alkanes) is 21. The fourth-order valence-corrected chi connectivity index (χ4v) is 9.06.